The molecule has 3 atom stereocenters. The minimum Gasteiger partial charge on any atom is -0.376 e. The van der Waals surface area contributed by atoms with E-state index in [0.717, 1.165) is 52.0 Å². The summed E-state index contributed by atoms with van der Waals surface area (Å²) in [6.07, 6.45) is 6.47. The van der Waals surface area contributed by atoms with E-state index in [9.17, 15) is 4.79 Å². The lowest BCUT2D eigenvalue weighted by Crippen LogP contribution is -2.41. The van der Waals surface area contributed by atoms with Crippen molar-refractivity contribution in [1.82, 2.24) is 10.2 Å². The van der Waals surface area contributed by atoms with E-state index in [1.165, 1.54) is 24.0 Å². The summed E-state index contributed by atoms with van der Waals surface area (Å²) in [5, 5.41) is 3.48. The second kappa shape index (κ2) is 10.2. The van der Waals surface area contributed by atoms with Gasteiger partial charge < -0.3 is 15.0 Å². The maximum Gasteiger partial charge on any atom is 0.222 e. The molecule has 4 nitrogen and oxygen atoms in total. The Labute approximate surface area is 164 Å². The fourth-order valence-corrected chi connectivity index (χ4v) is 4.31. The number of hydrogen-bond donors (Lipinski definition) is 1. The van der Waals surface area contributed by atoms with Crippen LogP contribution in [0.1, 0.15) is 50.2 Å². The van der Waals surface area contributed by atoms with Crippen LogP contribution in [0.5, 0.6) is 0 Å². The number of hydrogen-bond acceptors (Lipinski definition) is 3. The Morgan fingerprint density at radius 3 is 2.74 bits per heavy atom. The van der Waals surface area contributed by atoms with Crippen LogP contribution in [0.4, 0.5) is 0 Å². The first-order chi connectivity index (χ1) is 13.1. The third kappa shape index (κ3) is 6.32. The van der Waals surface area contributed by atoms with Gasteiger partial charge >= 0.3 is 0 Å². The van der Waals surface area contributed by atoms with Crippen LogP contribution in [0.25, 0.3) is 0 Å². The number of benzene rings is 1. The molecular weight excluding hydrogens is 336 g/mol. The molecule has 2 fully saturated rings. The number of nitrogens with one attached hydrogen (secondary N) is 1. The van der Waals surface area contributed by atoms with Gasteiger partial charge in [0.2, 0.25) is 5.91 Å². The molecule has 150 valence electrons. The topological polar surface area (TPSA) is 41.6 Å². The quantitative estimate of drug-likeness (QED) is 0.758. The van der Waals surface area contributed by atoms with Crippen molar-refractivity contribution >= 4 is 5.91 Å². The summed E-state index contributed by atoms with van der Waals surface area (Å²) in [4.78, 5) is 15.2. The van der Waals surface area contributed by atoms with Crippen LogP contribution < -0.4 is 5.32 Å². The van der Waals surface area contributed by atoms with Gasteiger partial charge in [-0.2, -0.15) is 0 Å². The van der Waals surface area contributed by atoms with Crippen LogP contribution in [0, 0.1) is 18.8 Å². The number of ether oxygens (including phenoxy) is 1. The second-order valence-corrected chi connectivity index (χ2v) is 8.50. The molecule has 1 amide bonds. The summed E-state index contributed by atoms with van der Waals surface area (Å²) in [5.41, 5.74) is 2.58. The van der Waals surface area contributed by atoms with E-state index >= 15 is 0 Å². The van der Waals surface area contributed by atoms with Gasteiger partial charge in [-0.15, -0.1) is 0 Å². The number of amides is 1. The molecule has 4 heteroatoms. The monoisotopic (exact) mass is 372 g/mol. The second-order valence-electron chi connectivity index (χ2n) is 8.50. The van der Waals surface area contributed by atoms with Crippen molar-refractivity contribution in [1.29, 1.82) is 0 Å². The Kier molecular flexibility index (Phi) is 7.71. The molecule has 2 saturated heterocycles. The number of carbonyl (C=O) groups is 1. The average Bonchev–Trinajstić information content (AvgIpc) is 3.20. The highest BCUT2D eigenvalue weighted by atomic mass is 16.5. The normalized spacial score (nSPS) is 23.9. The maximum atomic E-state index is 13.1. The molecule has 27 heavy (non-hydrogen) atoms. The van der Waals surface area contributed by atoms with Crippen LogP contribution >= 0.6 is 0 Å². The van der Waals surface area contributed by atoms with Crippen LogP contribution in [-0.2, 0) is 16.0 Å². The Balaban J connectivity index is 1.57. The fourth-order valence-electron chi connectivity index (χ4n) is 4.31. The first-order valence-corrected chi connectivity index (χ1v) is 10.8. The summed E-state index contributed by atoms with van der Waals surface area (Å²) in [6.45, 7) is 8.92. The first kappa shape index (κ1) is 20.3. The molecular formula is C23H36N2O2. The van der Waals surface area contributed by atoms with Crippen molar-refractivity contribution in [3.8, 4) is 0 Å². The summed E-state index contributed by atoms with van der Waals surface area (Å²) in [6, 6.07) is 8.67. The molecule has 2 aliphatic heterocycles. The van der Waals surface area contributed by atoms with Crippen molar-refractivity contribution in [2.24, 2.45) is 11.8 Å². The van der Waals surface area contributed by atoms with Gasteiger partial charge in [-0.25, -0.2) is 0 Å². The molecule has 0 radical (unpaired) electrons. The molecule has 2 heterocycles. The molecule has 3 unspecified atom stereocenters. The van der Waals surface area contributed by atoms with Crippen LogP contribution in [0.3, 0.4) is 0 Å². The molecule has 1 aromatic carbocycles. The first-order valence-electron chi connectivity index (χ1n) is 10.8. The smallest absolute Gasteiger partial charge is 0.222 e. The van der Waals surface area contributed by atoms with E-state index in [-0.39, 0.29) is 6.10 Å². The van der Waals surface area contributed by atoms with Gasteiger partial charge in [0.05, 0.1) is 6.10 Å². The van der Waals surface area contributed by atoms with Gasteiger partial charge in [0.25, 0.3) is 0 Å². The molecule has 0 spiro atoms. The highest BCUT2D eigenvalue weighted by molar-refractivity contribution is 5.76. The molecule has 0 bridgehead atoms. The maximum absolute atomic E-state index is 13.1. The van der Waals surface area contributed by atoms with Gasteiger partial charge in [-0.3, -0.25) is 4.79 Å². The lowest BCUT2D eigenvalue weighted by Gasteiger charge is -2.31. The minimum atomic E-state index is 0.221. The summed E-state index contributed by atoms with van der Waals surface area (Å²) < 4.78 is 5.82. The number of nitrogens with zero attached hydrogens (tertiary/aromatic N) is 1. The van der Waals surface area contributed by atoms with E-state index in [4.69, 9.17) is 4.74 Å². The Bertz CT molecular complexity index is 575. The highest BCUT2D eigenvalue weighted by Gasteiger charge is 2.26. The number of carbonyl (C=O) groups excluding carboxylic acids is 1. The lowest BCUT2D eigenvalue weighted by atomic mass is 9.85. The zero-order valence-electron chi connectivity index (χ0n) is 17.1. The molecule has 1 N–H and O–H groups in total. The molecule has 0 saturated carbocycles. The number of rotatable bonds is 8. The standard InChI is InChI=1S/C23H36N2O2/c1-18-7-9-20(10-8-18)11-13-25(17-22-6-4-14-27-22)23(26)15-19(2)21-5-3-12-24-16-21/h7-10,19,21-22,24H,3-6,11-17H2,1-2H3. The highest BCUT2D eigenvalue weighted by Crippen LogP contribution is 2.24. The Morgan fingerprint density at radius 1 is 1.26 bits per heavy atom. The largest absolute Gasteiger partial charge is 0.376 e. The van der Waals surface area contributed by atoms with Crippen molar-refractivity contribution in [2.45, 2.75) is 58.5 Å². The van der Waals surface area contributed by atoms with Crippen molar-refractivity contribution in [3.05, 3.63) is 35.4 Å². The summed E-state index contributed by atoms with van der Waals surface area (Å²) in [5.74, 6) is 1.37. The van der Waals surface area contributed by atoms with Crippen LogP contribution in [-0.4, -0.2) is 49.7 Å². The molecule has 2 aliphatic rings. The third-order valence-corrected chi connectivity index (χ3v) is 6.23. The van der Waals surface area contributed by atoms with Crippen molar-refractivity contribution in [3.63, 3.8) is 0 Å². The fraction of sp³-hybridized carbons (Fsp3) is 0.696. The number of aryl methyl sites for hydroxylation is 1. The molecule has 1 aromatic rings. The predicted octanol–water partition coefficient (Wildman–Crippen LogP) is 3.57. The van der Waals surface area contributed by atoms with Crippen LogP contribution in [0.15, 0.2) is 24.3 Å². The molecule has 3 rings (SSSR count). The van der Waals surface area contributed by atoms with E-state index in [0.29, 0.717) is 24.2 Å². The van der Waals surface area contributed by atoms with E-state index in [1.807, 2.05) is 0 Å². The van der Waals surface area contributed by atoms with E-state index in [1.54, 1.807) is 0 Å². The summed E-state index contributed by atoms with van der Waals surface area (Å²) in [7, 11) is 0. The average molecular weight is 373 g/mol. The van der Waals surface area contributed by atoms with E-state index in [2.05, 4.69) is 48.3 Å². The zero-order chi connectivity index (χ0) is 19.1. The predicted molar refractivity (Wildman–Crippen MR) is 110 cm³/mol. The van der Waals surface area contributed by atoms with E-state index < -0.39 is 0 Å². The van der Waals surface area contributed by atoms with Gasteiger partial charge in [0.1, 0.15) is 0 Å². The lowest BCUT2D eigenvalue weighted by molar-refractivity contribution is -0.134. The third-order valence-electron chi connectivity index (χ3n) is 6.23. The van der Waals surface area contributed by atoms with Gasteiger partial charge in [0, 0.05) is 26.1 Å². The number of piperidine rings is 1. The minimum absolute atomic E-state index is 0.221. The van der Waals surface area contributed by atoms with Gasteiger partial charge in [-0.05, 0) is 69.5 Å². The summed E-state index contributed by atoms with van der Waals surface area (Å²) >= 11 is 0. The van der Waals surface area contributed by atoms with Crippen molar-refractivity contribution < 1.29 is 9.53 Å². The SMILES string of the molecule is Cc1ccc(CCN(CC2CCCO2)C(=O)CC(C)C2CCCNC2)cc1. The zero-order valence-corrected chi connectivity index (χ0v) is 17.1. The Morgan fingerprint density at radius 2 is 2.07 bits per heavy atom. The Hall–Kier alpha value is -1.39. The molecule has 0 aliphatic carbocycles. The van der Waals surface area contributed by atoms with Crippen molar-refractivity contribution in [2.75, 3.05) is 32.8 Å². The molecule has 0 aromatic heterocycles. The van der Waals surface area contributed by atoms with Gasteiger partial charge in [0.15, 0.2) is 0 Å². The van der Waals surface area contributed by atoms with Gasteiger partial charge in [-0.1, -0.05) is 36.8 Å². The van der Waals surface area contributed by atoms with Crippen LogP contribution in [0.2, 0.25) is 0 Å².